The average Bonchev–Trinajstić information content (AvgIpc) is 2.46. The van der Waals surface area contributed by atoms with Crippen LogP contribution < -0.4 is 10.6 Å². The summed E-state index contributed by atoms with van der Waals surface area (Å²) < 4.78 is 0. The fourth-order valence-corrected chi connectivity index (χ4v) is 2.56. The molecule has 0 heterocycles. The molecule has 0 saturated carbocycles. The average molecular weight is 309 g/mol. The summed E-state index contributed by atoms with van der Waals surface area (Å²) in [5, 5.41) is 1.46. The van der Waals surface area contributed by atoms with Gasteiger partial charge in [-0.3, -0.25) is 0 Å². The van der Waals surface area contributed by atoms with Crippen molar-refractivity contribution in [1.29, 1.82) is 0 Å². The van der Waals surface area contributed by atoms with E-state index in [0.717, 1.165) is 16.3 Å². The van der Waals surface area contributed by atoms with Gasteiger partial charge in [-0.15, -0.1) is 0 Å². The molecule has 2 nitrogen and oxygen atoms in total. The van der Waals surface area contributed by atoms with E-state index in [2.05, 4.69) is 18.9 Å². The van der Waals surface area contributed by atoms with Crippen molar-refractivity contribution in [2.24, 2.45) is 5.73 Å². The monoisotopic (exact) mass is 308 g/mol. The summed E-state index contributed by atoms with van der Waals surface area (Å²) >= 11 is 12.0. The number of halogens is 2. The van der Waals surface area contributed by atoms with Crippen molar-refractivity contribution in [3.05, 3.63) is 63.6 Å². The Bertz CT molecular complexity index is 582. The zero-order valence-electron chi connectivity index (χ0n) is 11.6. The third-order valence-electron chi connectivity index (χ3n) is 3.57. The Kier molecular flexibility index (Phi) is 4.92. The highest BCUT2D eigenvalue weighted by atomic mass is 35.5. The summed E-state index contributed by atoms with van der Waals surface area (Å²) in [6.07, 6.45) is 0. The van der Waals surface area contributed by atoms with Crippen LogP contribution in [0.15, 0.2) is 42.5 Å². The summed E-state index contributed by atoms with van der Waals surface area (Å²) in [6.45, 7) is 2.62. The lowest BCUT2D eigenvalue weighted by atomic mass is 10.1. The van der Waals surface area contributed by atoms with E-state index in [-0.39, 0.29) is 6.04 Å². The Balaban J connectivity index is 2.30. The highest BCUT2D eigenvalue weighted by molar-refractivity contribution is 6.31. The minimum Gasteiger partial charge on any atom is -0.368 e. The standard InChI is InChI=1S/C16H18Cl2N2/c1-11(12-3-5-14(17)6-4-12)20(2)16-8-7-15(18)9-13(16)10-19/h3-9,11H,10,19H2,1-2H3. The molecular weight excluding hydrogens is 291 g/mol. The first kappa shape index (κ1) is 15.2. The van der Waals surface area contributed by atoms with Crippen LogP contribution in [-0.4, -0.2) is 7.05 Å². The van der Waals surface area contributed by atoms with Gasteiger partial charge in [0.05, 0.1) is 6.04 Å². The number of hydrogen-bond acceptors (Lipinski definition) is 2. The topological polar surface area (TPSA) is 29.3 Å². The summed E-state index contributed by atoms with van der Waals surface area (Å²) in [5.74, 6) is 0. The van der Waals surface area contributed by atoms with Gasteiger partial charge in [0.2, 0.25) is 0 Å². The predicted molar refractivity (Wildman–Crippen MR) is 87.6 cm³/mol. The Morgan fingerprint density at radius 2 is 1.65 bits per heavy atom. The maximum Gasteiger partial charge on any atom is 0.0511 e. The molecule has 0 aliphatic heterocycles. The molecule has 0 radical (unpaired) electrons. The van der Waals surface area contributed by atoms with Crippen LogP contribution in [0.2, 0.25) is 10.0 Å². The molecule has 0 aromatic heterocycles. The van der Waals surface area contributed by atoms with Crippen LogP contribution in [0.25, 0.3) is 0 Å². The quantitative estimate of drug-likeness (QED) is 0.891. The molecule has 0 spiro atoms. The van der Waals surface area contributed by atoms with E-state index in [1.165, 1.54) is 5.56 Å². The second kappa shape index (κ2) is 6.49. The first-order valence-electron chi connectivity index (χ1n) is 6.49. The van der Waals surface area contributed by atoms with Gasteiger partial charge >= 0.3 is 0 Å². The van der Waals surface area contributed by atoms with E-state index in [4.69, 9.17) is 28.9 Å². The molecule has 2 aromatic rings. The summed E-state index contributed by atoms with van der Waals surface area (Å²) in [5.41, 5.74) is 9.16. The number of anilines is 1. The van der Waals surface area contributed by atoms with E-state index in [1.807, 2.05) is 42.5 Å². The number of benzene rings is 2. The molecule has 0 aliphatic rings. The largest absolute Gasteiger partial charge is 0.368 e. The Morgan fingerprint density at radius 1 is 1.05 bits per heavy atom. The highest BCUT2D eigenvalue weighted by Crippen LogP contribution is 2.30. The first-order chi connectivity index (χ1) is 9.52. The van der Waals surface area contributed by atoms with E-state index in [9.17, 15) is 0 Å². The van der Waals surface area contributed by atoms with Crippen molar-refractivity contribution >= 4 is 28.9 Å². The molecule has 0 saturated heterocycles. The molecule has 20 heavy (non-hydrogen) atoms. The van der Waals surface area contributed by atoms with Gasteiger partial charge in [0.25, 0.3) is 0 Å². The molecule has 2 N–H and O–H groups in total. The van der Waals surface area contributed by atoms with E-state index in [1.54, 1.807) is 0 Å². The fraction of sp³-hybridized carbons (Fsp3) is 0.250. The lowest BCUT2D eigenvalue weighted by Gasteiger charge is -2.29. The SMILES string of the molecule is CC(c1ccc(Cl)cc1)N(C)c1ccc(Cl)cc1CN. The van der Waals surface area contributed by atoms with Crippen LogP contribution in [0.5, 0.6) is 0 Å². The van der Waals surface area contributed by atoms with Crippen molar-refractivity contribution < 1.29 is 0 Å². The summed E-state index contributed by atoms with van der Waals surface area (Å²) in [4.78, 5) is 2.20. The number of nitrogens with two attached hydrogens (primary N) is 1. The van der Waals surface area contributed by atoms with Gasteiger partial charge in [-0.05, 0) is 48.4 Å². The number of nitrogens with zero attached hydrogens (tertiary/aromatic N) is 1. The number of hydrogen-bond donors (Lipinski definition) is 1. The van der Waals surface area contributed by atoms with Crippen LogP contribution >= 0.6 is 23.2 Å². The van der Waals surface area contributed by atoms with Gasteiger partial charge in [-0.25, -0.2) is 0 Å². The fourth-order valence-electron chi connectivity index (χ4n) is 2.24. The molecule has 4 heteroatoms. The zero-order chi connectivity index (χ0) is 14.7. The zero-order valence-corrected chi connectivity index (χ0v) is 13.1. The molecule has 1 atom stereocenters. The first-order valence-corrected chi connectivity index (χ1v) is 7.25. The highest BCUT2D eigenvalue weighted by Gasteiger charge is 2.15. The minimum atomic E-state index is 0.221. The van der Waals surface area contributed by atoms with Gasteiger partial charge in [0.1, 0.15) is 0 Å². The predicted octanol–water partition coefficient (Wildman–Crippen LogP) is 4.65. The third kappa shape index (κ3) is 3.26. The summed E-state index contributed by atoms with van der Waals surface area (Å²) in [7, 11) is 2.06. The second-order valence-corrected chi connectivity index (χ2v) is 5.69. The lowest BCUT2D eigenvalue weighted by molar-refractivity contribution is 0.735. The van der Waals surface area contributed by atoms with Crippen LogP contribution in [0.4, 0.5) is 5.69 Å². The van der Waals surface area contributed by atoms with E-state index >= 15 is 0 Å². The minimum absolute atomic E-state index is 0.221. The van der Waals surface area contributed by atoms with E-state index < -0.39 is 0 Å². The molecule has 1 unspecified atom stereocenters. The van der Waals surface area contributed by atoms with Gasteiger partial charge < -0.3 is 10.6 Å². The molecule has 2 aromatic carbocycles. The normalized spacial score (nSPS) is 12.2. The van der Waals surface area contributed by atoms with Crippen LogP contribution in [-0.2, 0) is 6.54 Å². The van der Waals surface area contributed by atoms with Gasteiger partial charge in [-0.2, -0.15) is 0 Å². The van der Waals surface area contributed by atoms with Crippen LogP contribution in [0.1, 0.15) is 24.1 Å². The second-order valence-electron chi connectivity index (χ2n) is 4.82. The summed E-state index contributed by atoms with van der Waals surface area (Å²) in [6, 6.07) is 13.9. The smallest absolute Gasteiger partial charge is 0.0511 e. The molecule has 106 valence electrons. The molecule has 0 aliphatic carbocycles. The third-order valence-corrected chi connectivity index (χ3v) is 4.06. The molecular formula is C16H18Cl2N2. The maximum atomic E-state index is 6.03. The van der Waals surface area contributed by atoms with Crippen molar-refractivity contribution in [1.82, 2.24) is 0 Å². The van der Waals surface area contributed by atoms with Crippen LogP contribution in [0.3, 0.4) is 0 Å². The lowest BCUT2D eigenvalue weighted by Crippen LogP contribution is -2.23. The number of rotatable bonds is 4. The van der Waals surface area contributed by atoms with Gasteiger partial charge in [-0.1, -0.05) is 35.3 Å². The molecule has 0 amide bonds. The Morgan fingerprint density at radius 3 is 2.25 bits per heavy atom. The maximum absolute atomic E-state index is 6.03. The van der Waals surface area contributed by atoms with E-state index in [0.29, 0.717) is 11.6 Å². The van der Waals surface area contributed by atoms with Gasteiger partial charge in [0.15, 0.2) is 0 Å². The van der Waals surface area contributed by atoms with Crippen LogP contribution in [0, 0.1) is 0 Å². The molecule has 0 fully saturated rings. The molecule has 2 rings (SSSR count). The Hall–Kier alpha value is -1.22. The van der Waals surface area contributed by atoms with Crippen molar-refractivity contribution in [3.63, 3.8) is 0 Å². The Labute approximate surface area is 130 Å². The van der Waals surface area contributed by atoms with Crippen molar-refractivity contribution in [3.8, 4) is 0 Å². The molecule has 0 bridgehead atoms. The van der Waals surface area contributed by atoms with Gasteiger partial charge in [0, 0.05) is 29.3 Å². The van der Waals surface area contributed by atoms with Crippen molar-refractivity contribution in [2.45, 2.75) is 19.5 Å². The van der Waals surface area contributed by atoms with Crippen molar-refractivity contribution in [2.75, 3.05) is 11.9 Å².